The fourth-order valence-corrected chi connectivity index (χ4v) is 3.70. The topological polar surface area (TPSA) is 154 Å². The molecule has 0 aliphatic rings. The predicted molar refractivity (Wildman–Crippen MR) is 186 cm³/mol. The van der Waals surface area contributed by atoms with Crippen molar-refractivity contribution < 1.29 is 71.2 Å². The fourth-order valence-electron chi connectivity index (χ4n) is 3.70. The molecule has 0 aliphatic carbocycles. The third-order valence-electron chi connectivity index (χ3n) is 6.06. The van der Waals surface area contributed by atoms with Crippen LogP contribution in [0, 0.1) is 0 Å². The van der Waals surface area contributed by atoms with Gasteiger partial charge in [0.15, 0.2) is 0 Å². The monoisotopic (exact) mass is 734 g/mol. The van der Waals surface area contributed by atoms with Crippen LogP contribution in [-0.4, -0.2) is 169 Å². The SMILES string of the molecule is CC(C)(C)OC(=O)CCOCCOCCOCCOCCOCCOCCOCCOCCOCCOCCOCCOC(=O)c1ccccc1. The lowest BCUT2D eigenvalue weighted by Gasteiger charge is -2.19. The third kappa shape index (κ3) is 34.6. The first kappa shape index (κ1) is 46.7. The van der Waals surface area contributed by atoms with Crippen molar-refractivity contribution >= 4 is 11.9 Å². The van der Waals surface area contributed by atoms with Gasteiger partial charge in [-0.2, -0.15) is 0 Å². The lowest BCUT2D eigenvalue weighted by molar-refractivity contribution is -0.156. The molecule has 0 fully saturated rings. The first-order valence-electron chi connectivity index (χ1n) is 17.7. The van der Waals surface area contributed by atoms with E-state index in [9.17, 15) is 9.59 Å². The second-order valence-electron chi connectivity index (χ2n) is 11.6. The van der Waals surface area contributed by atoms with Gasteiger partial charge in [0.25, 0.3) is 0 Å². The van der Waals surface area contributed by atoms with E-state index in [1.807, 2.05) is 26.8 Å². The van der Waals surface area contributed by atoms with Crippen LogP contribution < -0.4 is 0 Å². The highest BCUT2D eigenvalue weighted by Crippen LogP contribution is 2.08. The Bertz CT molecular complexity index is 914. The van der Waals surface area contributed by atoms with Gasteiger partial charge in [-0.15, -0.1) is 0 Å². The molecule has 0 spiro atoms. The maximum atomic E-state index is 11.8. The van der Waals surface area contributed by atoms with Crippen LogP contribution in [0.15, 0.2) is 30.3 Å². The van der Waals surface area contributed by atoms with E-state index >= 15 is 0 Å². The zero-order chi connectivity index (χ0) is 36.9. The summed E-state index contributed by atoms with van der Waals surface area (Å²) in [5.41, 5.74) is 0.0433. The van der Waals surface area contributed by atoms with Crippen molar-refractivity contribution in [2.45, 2.75) is 32.8 Å². The predicted octanol–water partition coefficient (Wildman–Crippen LogP) is 2.76. The highest BCUT2D eigenvalue weighted by Gasteiger charge is 2.15. The number of benzene rings is 1. The Kier molecular flexibility index (Phi) is 31.9. The van der Waals surface area contributed by atoms with Gasteiger partial charge < -0.3 is 61.6 Å². The van der Waals surface area contributed by atoms with E-state index in [1.165, 1.54) is 0 Å². The molecule has 51 heavy (non-hydrogen) atoms. The quantitative estimate of drug-likeness (QED) is 0.0727. The van der Waals surface area contributed by atoms with E-state index in [-0.39, 0.29) is 25.0 Å². The van der Waals surface area contributed by atoms with Crippen LogP contribution in [-0.2, 0) is 66.4 Å². The molecule has 1 rings (SSSR count). The number of ether oxygens (including phenoxy) is 13. The molecule has 0 aliphatic heterocycles. The molecule has 0 heterocycles. The van der Waals surface area contributed by atoms with E-state index in [2.05, 4.69) is 0 Å². The Morgan fingerprint density at radius 2 is 0.686 bits per heavy atom. The molecule has 296 valence electrons. The Balaban J connectivity index is 1.64. The van der Waals surface area contributed by atoms with Crippen LogP contribution >= 0.6 is 0 Å². The summed E-state index contributed by atoms with van der Waals surface area (Å²) in [4.78, 5) is 23.4. The zero-order valence-electron chi connectivity index (χ0n) is 31.0. The van der Waals surface area contributed by atoms with E-state index in [0.717, 1.165) is 0 Å². The largest absolute Gasteiger partial charge is 0.460 e. The van der Waals surface area contributed by atoms with E-state index in [4.69, 9.17) is 61.6 Å². The molecule has 0 N–H and O–H groups in total. The number of esters is 2. The minimum Gasteiger partial charge on any atom is -0.460 e. The van der Waals surface area contributed by atoms with E-state index in [0.29, 0.717) is 151 Å². The maximum absolute atomic E-state index is 11.8. The summed E-state index contributed by atoms with van der Waals surface area (Å²) in [5.74, 6) is -0.629. The van der Waals surface area contributed by atoms with Gasteiger partial charge in [0.05, 0.1) is 157 Å². The summed E-state index contributed by atoms with van der Waals surface area (Å²) in [5, 5.41) is 0. The summed E-state index contributed by atoms with van der Waals surface area (Å²) in [6.07, 6.45) is 0.227. The van der Waals surface area contributed by atoms with E-state index < -0.39 is 5.60 Å². The van der Waals surface area contributed by atoms with Crippen molar-refractivity contribution in [3.8, 4) is 0 Å². The molecule has 15 nitrogen and oxygen atoms in total. The van der Waals surface area contributed by atoms with E-state index in [1.54, 1.807) is 24.3 Å². The second kappa shape index (κ2) is 34.8. The Hall–Kier alpha value is -2.28. The van der Waals surface area contributed by atoms with Crippen LogP contribution in [0.25, 0.3) is 0 Å². The molecule has 0 unspecified atom stereocenters. The van der Waals surface area contributed by atoms with Gasteiger partial charge in [-0.05, 0) is 32.9 Å². The second-order valence-corrected chi connectivity index (χ2v) is 11.6. The Labute approximate surface area is 303 Å². The Morgan fingerprint density at radius 1 is 0.412 bits per heavy atom. The Morgan fingerprint density at radius 3 is 0.980 bits per heavy atom. The molecule has 0 amide bonds. The van der Waals surface area contributed by atoms with Crippen molar-refractivity contribution in [1.82, 2.24) is 0 Å². The molecule has 0 radical (unpaired) electrons. The summed E-state index contributed by atoms with van der Waals surface area (Å²) in [6, 6.07) is 8.84. The number of carbonyl (C=O) groups excluding carboxylic acids is 2. The molecular formula is C36H62O15. The first-order chi connectivity index (χ1) is 24.9. The number of hydrogen-bond acceptors (Lipinski definition) is 15. The molecule has 0 atom stereocenters. The molecule has 1 aromatic carbocycles. The molecule has 0 saturated carbocycles. The molecule has 0 aromatic heterocycles. The van der Waals surface area contributed by atoms with Crippen LogP contribution in [0.3, 0.4) is 0 Å². The lowest BCUT2D eigenvalue weighted by Crippen LogP contribution is -2.24. The van der Waals surface area contributed by atoms with Gasteiger partial charge in [0.1, 0.15) is 12.2 Å². The summed E-state index contributed by atoms with van der Waals surface area (Å²) >= 11 is 0. The van der Waals surface area contributed by atoms with Crippen molar-refractivity contribution in [2.75, 3.05) is 152 Å². The smallest absolute Gasteiger partial charge is 0.338 e. The van der Waals surface area contributed by atoms with Gasteiger partial charge in [0.2, 0.25) is 0 Å². The van der Waals surface area contributed by atoms with Crippen molar-refractivity contribution in [1.29, 1.82) is 0 Å². The van der Waals surface area contributed by atoms with Gasteiger partial charge >= 0.3 is 11.9 Å². The summed E-state index contributed by atoms with van der Waals surface area (Å²) in [6.45, 7) is 15.7. The minimum absolute atomic E-state index is 0.197. The molecular weight excluding hydrogens is 672 g/mol. The highest BCUT2D eigenvalue weighted by molar-refractivity contribution is 5.89. The zero-order valence-corrected chi connectivity index (χ0v) is 31.0. The standard InChI is InChI=1S/C36H62O15/c1-36(2,3)51-34(37)9-10-39-11-12-40-13-14-41-15-16-42-17-18-43-19-20-44-21-22-45-23-24-46-25-26-47-27-28-48-29-30-49-31-32-50-35(38)33-7-5-4-6-8-33/h4-8H,9-32H2,1-3H3. The highest BCUT2D eigenvalue weighted by atomic mass is 16.6. The molecule has 0 bridgehead atoms. The van der Waals surface area contributed by atoms with Crippen LogP contribution in [0.4, 0.5) is 0 Å². The average molecular weight is 735 g/mol. The number of rotatable bonds is 37. The molecule has 0 saturated heterocycles. The average Bonchev–Trinajstić information content (AvgIpc) is 3.11. The fraction of sp³-hybridized carbons (Fsp3) is 0.778. The lowest BCUT2D eigenvalue weighted by atomic mass is 10.2. The summed E-state index contributed by atoms with van der Waals surface area (Å²) < 4.78 is 70.2. The van der Waals surface area contributed by atoms with Crippen molar-refractivity contribution in [3.63, 3.8) is 0 Å². The molecule has 1 aromatic rings. The number of carbonyl (C=O) groups is 2. The number of hydrogen-bond donors (Lipinski definition) is 0. The summed E-state index contributed by atoms with van der Waals surface area (Å²) in [7, 11) is 0. The van der Waals surface area contributed by atoms with Crippen LogP contribution in [0.2, 0.25) is 0 Å². The first-order valence-corrected chi connectivity index (χ1v) is 17.7. The van der Waals surface area contributed by atoms with Crippen molar-refractivity contribution in [2.24, 2.45) is 0 Å². The van der Waals surface area contributed by atoms with Gasteiger partial charge in [-0.3, -0.25) is 4.79 Å². The van der Waals surface area contributed by atoms with Gasteiger partial charge in [-0.25, -0.2) is 4.79 Å². The minimum atomic E-state index is -0.478. The van der Waals surface area contributed by atoms with Crippen molar-refractivity contribution in [3.05, 3.63) is 35.9 Å². The van der Waals surface area contributed by atoms with Gasteiger partial charge in [-0.1, -0.05) is 18.2 Å². The van der Waals surface area contributed by atoms with Crippen LogP contribution in [0.5, 0.6) is 0 Å². The normalized spacial score (nSPS) is 11.6. The van der Waals surface area contributed by atoms with Crippen LogP contribution in [0.1, 0.15) is 37.6 Å². The maximum Gasteiger partial charge on any atom is 0.338 e. The van der Waals surface area contributed by atoms with Gasteiger partial charge in [0, 0.05) is 0 Å². The third-order valence-corrected chi connectivity index (χ3v) is 6.06. The molecule has 15 heteroatoms.